The first-order chi connectivity index (χ1) is 11.6. The highest BCUT2D eigenvalue weighted by Gasteiger charge is 2.14. The van der Waals surface area contributed by atoms with Gasteiger partial charge in [0, 0.05) is 11.6 Å². The molecule has 3 aromatic rings. The SMILES string of the molecule is CC(Cn1cnc2ccccc21)C(=O)NN=Cc1ccc(Cl)cc1. The molecule has 24 heavy (non-hydrogen) atoms. The maximum absolute atomic E-state index is 12.2. The summed E-state index contributed by atoms with van der Waals surface area (Å²) in [7, 11) is 0. The molecule has 0 bridgehead atoms. The van der Waals surface area contributed by atoms with Gasteiger partial charge in [-0.3, -0.25) is 4.79 Å². The fourth-order valence-corrected chi connectivity index (χ4v) is 2.49. The molecular formula is C18H17ClN4O. The zero-order valence-electron chi connectivity index (χ0n) is 13.2. The predicted molar refractivity (Wildman–Crippen MR) is 96.1 cm³/mol. The smallest absolute Gasteiger partial charge is 0.244 e. The molecule has 1 atom stereocenters. The Labute approximate surface area is 145 Å². The Bertz CT molecular complexity index is 870. The van der Waals surface area contributed by atoms with Gasteiger partial charge in [-0.1, -0.05) is 42.8 Å². The van der Waals surface area contributed by atoms with Crippen LogP contribution in [0.25, 0.3) is 11.0 Å². The zero-order chi connectivity index (χ0) is 16.9. The van der Waals surface area contributed by atoms with Crippen molar-refractivity contribution < 1.29 is 4.79 Å². The summed E-state index contributed by atoms with van der Waals surface area (Å²) in [5, 5.41) is 4.66. The van der Waals surface area contributed by atoms with Gasteiger partial charge in [0.05, 0.1) is 29.5 Å². The second-order valence-electron chi connectivity index (χ2n) is 5.57. The number of nitrogens with zero attached hydrogens (tertiary/aromatic N) is 3. The summed E-state index contributed by atoms with van der Waals surface area (Å²) >= 11 is 5.83. The summed E-state index contributed by atoms with van der Waals surface area (Å²) in [5.74, 6) is -0.372. The van der Waals surface area contributed by atoms with Crippen LogP contribution in [0.4, 0.5) is 0 Å². The van der Waals surface area contributed by atoms with E-state index in [0.717, 1.165) is 16.6 Å². The van der Waals surface area contributed by atoms with E-state index in [2.05, 4.69) is 15.5 Å². The van der Waals surface area contributed by atoms with E-state index < -0.39 is 0 Å². The molecule has 3 rings (SSSR count). The van der Waals surface area contributed by atoms with Crippen LogP contribution in [0.5, 0.6) is 0 Å². The molecule has 1 N–H and O–H groups in total. The van der Waals surface area contributed by atoms with E-state index in [1.165, 1.54) is 0 Å². The lowest BCUT2D eigenvalue weighted by Gasteiger charge is -2.11. The molecule has 1 amide bonds. The minimum absolute atomic E-state index is 0.141. The number of rotatable bonds is 5. The third kappa shape index (κ3) is 3.81. The third-order valence-electron chi connectivity index (χ3n) is 3.70. The maximum atomic E-state index is 12.2. The van der Waals surface area contributed by atoms with Gasteiger partial charge in [0.25, 0.3) is 0 Å². The van der Waals surface area contributed by atoms with Gasteiger partial charge < -0.3 is 4.57 Å². The van der Waals surface area contributed by atoms with E-state index >= 15 is 0 Å². The topological polar surface area (TPSA) is 59.3 Å². The van der Waals surface area contributed by atoms with E-state index in [4.69, 9.17) is 11.6 Å². The molecule has 6 heteroatoms. The Morgan fingerprint density at radius 2 is 2.04 bits per heavy atom. The fourth-order valence-electron chi connectivity index (χ4n) is 2.36. The molecule has 0 aliphatic heterocycles. The van der Waals surface area contributed by atoms with Gasteiger partial charge in [0.15, 0.2) is 0 Å². The summed E-state index contributed by atoms with van der Waals surface area (Å²) in [4.78, 5) is 16.5. The summed E-state index contributed by atoms with van der Waals surface area (Å²) in [6.07, 6.45) is 3.35. The van der Waals surface area contributed by atoms with Crippen LogP contribution < -0.4 is 5.43 Å². The number of fused-ring (bicyclic) bond motifs is 1. The average Bonchev–Trinajstić information content (AvgIpc) is 3.00. The maximum Gasteiger partial charge on any atom is 0.244 e. The van der Waals surface area contributed by atoms with Gasteiger partial charge in [0.1, 0.15) is 0 Å². The molecule has 0 radical (unpaired) electrons. The van der Waals surface area contributed by atoms with Crippen LogP contribution >= 0.6 is 11.6 Å². The Kier molecular flexibility index (Phi) is 4.91. The number of amides is 1. The van der Waals surface area contributed by atoms with Crippen LogP contribution in [0.1, 0.15) is 12.5 Å². The van der Waals surface area contributed by atoms with Gasteiger partial charge in [-0.2, -0.15) is 5.10 Å². The largest absolute Gasteiger partial charge is 0.330 e. The second kappa shape index (κ2) is 7.27. The van der Waals surface area contributed by atoms with E-state index in [1.54, 1.807) is 24.7 Å². The third-order valence-corrected chi connectivity index (χ3v) is 3.96. The lowest BCUT2D eigenvalue weighted by Crippen LogP contribution is -2.27. The van der Waals surface area contributed by atoms with E-state index in [0.29, 0.717) is 11.6 Å². The summed E-state index contributed by atoms with van der Waals surface area (Å²) in [5.41, 5.74) is 5.38. The number of halogens is 1. The summed E-state index contributed by atoms with van der Waals surface area (Å²) < 4.78 is 1.97. The Hall–Kier alpha value is -2.66. The highest BCUT2D eigenvalue weighted by Crippen LogP contribution is 2.14. The van der Waals surface area contributed by atoms with Crippen molar-refractivity contribution in [3.05, 3.63) is 65.4 Å². The average molecular weight is 341 g/mol. The van der Waals surface area contributed by atoms with Crippen LogP contribution in [0.2, 0.25) is 5.02 Å². The normalized spacial score (nSPS) is 12.6. The lowest BCUT2D eigenvalue weighted by atomic mass is 10.1. The van der Waals surface area contributed by atoms with Gasteiger partial charge in [-0.05, 0) is 29.8 Å². The van der Waals surface area contributed by atoms with Gasteiger partial charge in [0.2, 0.25) is 5.91 Å². The van der Waals surface area contributed by atoms with E-state index in [9.17, 15) is 4.79 Å². The minimum atomic E-state index is -0.232. The van der Waals surface area contributed by atoms with Crippen LogP contribution in [-0.2, 0) is 11.3 Å². The van der Waals surface area contributed by atoms with Crippen LogP contribution in [-0.4, -0.2) is 21.7 Å². The number of para-hydroxylation sites is 2. The van der Waals surface area contributed by atoms with Crippen molar-refractivity contribution in [2.45, 2.75) is 13.5 Å². The van der Waals surface area contributed by atoms with Crippen molar-refractivity contribution in [1.82, 2.24) is 15.0 Å². The highest BCUT2D eigenvalue weighted by atomic mass is 35.5. The number of hydrogen-bond donors (Lipinski definition) is 1. The molecule has 0 fully saturated rings. The molecular weight excluding hydrogens is 324 g/mol. The number of benzene rings is 2. The first-order valence-corrected chi connectivity index (χ1v) is 7.99. The number of carbonyl (C=O) groups excluding carboxylic acids is 1. The predicted octanol–water partition coefficient (Wildman–Crippen LogP) is 3.48. The van der Waals surface area contributed by atoms with Crippen molar-refractivity contribution >= 4 is 34.8 Å². The van der Waals surface area contributed by atoms with Crippen LogP contribution in [0.15, 0.2) is 60.0 Å². The number of imidazole rings is 1. The summed E-state index contributed by atoms with van der Waals surface area (Å²) in [6, 6.07) is 15.1. The molecule has 122 valence electrons. The molecule has 1 aromatic heterocycles. The number of carbonyl (C=O) groups is 1. The number of hydrazone groups is 1. The lowest BCUT2D eigenvalue weighted by molar-refractivity contribution is -0.124. The Balaban J connectivity index is 1.59. The molecule has 1 heterocycles. The van der Waals surface area contributed by atoms with E-state index in [-0.39, 0.29) is 11.8 Å². The highest BCUT2D eigenvalue weighted by molar-refractivity contribution is 6.30. The molecule has 2 aromatic carbocycles. The van der Waals surface area contributed by atoms with Crippen molar-refractivity contribution in [3.63, 3.8) is 0 Å². The zero-order valence-corrected chi connectivity index (χ0v) is 13.9. The quantitative estimate of drug-likeness (QED) is 0.571. The van der Waals surface area contributed by atoms with Crippen LogP contribution in [0.3, 0.4) is 0 Å². The molecule has 0 aliphatic carbocycles. The van der Waals surface area contributed by atoms with Gasteiger partial charge >= 0.3 is 0 Å². The second-order valence-corrected chi connectivity index (χ2v) is 6.01. The minimum Gasteiger partial charge on any atom is -0.330 e. The molecule has 0 saturated carbocycles. The Morgan fingerprint density at radius 1 is 1.29 bits per heavy atom. The van der Waals surface area contributed by atoms with Crippen LogP contribution in [0, 0.1) is 5.92 Å². The van der Waals surface area contributed by atoms with Crippen molar-refractivity contribution in [2.24, 2.45) is 11.0 Å². The fraction of sp³-hybridized carbons (Fsp3) is 0.167. The van der Waals surface area contributed by atoms with Crippen molar-refractivity contribution in [3.8, 4) is 0 Å². The number of nitrogens with one attached hydrogen (secondary N) is 1. The number of hydrogen-bond acceptors (Lipinski definition) is 3. The number of aromatic nitrogens is 2. The molecule has 0 aliphatic rings. The summed E-state index contributed by atoms with van der Waals surface area (Å²) in [6.45, 7) is 2.41. The first-order valence-electron chi connectivity index (χ1n) is 7.62. The monoisotopic (exact) mass is 340 g/mol. The van der Waals surface area contributed by atoms with Crippen molar-refractivity contribution in [1.29, 1.82) is 0 Å². The Morgan fingerprint density at radius 3 is 2.83 bits per heavy atom. The van der Waals surface area contributed by atoms with Crippen molar-refractivity contribution in [2.75, 3.05) is 0 Å². The standard InChI is InChI=1S/C18H17ClN4O/c1-13(11-23-12-20-16-4-2-3-5-17(16)23)18(24)22-21-10-14-6-8-15(19)9-7-14/h2-10,12-13H,11H2,1H3,(H,22,24). The first kappa shape index (κ1) is 16.2. The molecule has 1 unspecified atom stereocenters. The van der Waals surface area contributed by atoms with Gasteiger partial charge in [-0.25, -0.2) is 10.4 Å². The molecule has 0 spiro atoms. The van der Waals surface area contributed by atoms with Gasteiger partial charge in [-0.15, -0.1) is 0 Å². The molecule has 0 saturated heterocycles. The van der Waals surface area contributed by atoms with E-state index in [1.807, 2.05) is 47.9 Å². The molecule has 5 nitrogen and oxygen atoms in total.